The van der Waals surface area contributed by atoms with Gasteiger partial charge in [0.2, 0.25) is 0 Å². The van der Waals surface area contributed by atoms with Gasteiger partial charge < -0.3 is 10.6 Å². The zero-order valence-corrected chi connectivity index (χ0v) is 17.5. The van der Waals surface area contributed by atoms with Gasteiger partial charge >= 0.3 is 0 Å². The highest BCUT2D eigenvalue weighted by atomic mass is 32.2. The monoisotopic (exact) mass is 418 g/mol. The fraction of sp³-hybridized carbons (Fsp3) is 0.391. The van der Waals surface area contributed by atoms with Crippen molar-refractivity contribution >= 4 is 15.8 Å². The quantitative estimate of drug-likeness (QED) is 0.764. The van der Waals surface area contributed by atoms with Crippen molar-refractivity contribution in [2.24, 2.45) is 21.6 Å². The molecular weight excluding hydrogens is 396 g/mol. The number of nitriles is 1. The van der Waals surface area contributed by atoms with Crippen molar-refractivity contribution in [1.82, 2.24) is 4.90 Å². The Labute approximate surface area is 175 Å². The van der Waals surface area contributed by atoms with Gasteiger partial charge in [0.1, 0.15) is 5.54 Å². The summed E-state index contributed by atoms with van der Waals surface area (Å²) in [6.07, 6.45) is 1.48. The van der Waals surface area contributed by atoms with Gasteiger partial charge in [-0.3, -0.25) is 0 Å². The van der Waals surface area contributed by atoms with E-state index in [0.717, 1.165) is 23.1 Å². The Bertz CT molecular complexity index is 1310. The summed E-state index contributed by atoms with van der Waals surface area (Å²) in [6.45, 7) is 0.620. The Morgan fingerprint density at radius 3 is 2.77 bits per heavy atom. The van der Waals surface area contributed by atoms with E-state index in [9.17, 15) is 13.7 Å². The standard InChI is InChI=1S/C23H22N4O2S/c1-27-13-22-14-30(28,29)8-7-21(22)11-18-6-5-17(16-4-2-3-15(9-16)12-24)10-19(18)23(21,22)26-20(27)25/h2-6,9-10H,7-8,11,13-14H2,1H3,(H2,25,26). The fourth-order valence-corrected chi connectivity index (χ4v) is 8.96. The number of sulfone groups is 1. The van der Waals surface area contributed by atoms with Crippen LogP contribution in [0.25, 0.3) is 11.1 Å². The first-order chi connectivity index (χ1) is 14.3. The lowest BCUT2D eigenvalue weighted by Gasteiger charge is -2.37. The molecule has 30 heavy (non-hydrogen) atoms. The summed E-state index contributed by atoms with van der Waals surface area (Å²) in [7, 11) is -1.21. The molecule has 2 aliphatic carbocycles. The third-order valence-electron chi connectivity index (χ3n) is 8.04. The predicted octanol–water partition coefficient (Wildman–Crippen LogP) is 2.04. The minimum atomic E-state index is -3.11. The van der Waals surface area contributed by atoms with Gasteiger partial charge in [-0.1, -0.05) is 24.3 Å². The molecule has 3 spiro atoms. The lowest BCUT2D eigenvalue weighted by Crippen LogP contribution is -2.49. The number of fused-ring (bicyclic) bond motifs is 1. The van der Waals surface area contributed by atoms with E-state index in [0.29, 0.717) is 24.5 Å². The van der Waals surface area contributed by atoms with Crippen molar-refractivity contribution in [2.75, 3.05) is 25.1 Å². The van der Waals surface area contributed by atoms with E-state index in [4.69, 9.17) is 10.7 Å². The van der Waals surface area contributed by atoms with Crippen LogP contribution in [0.1, 0.15) is 23.1 Å². The van der Waals surface area contributed by atoms with E-state index in [1.807, 2.05) is 30.1 Å². The van der Waals surface area contributed by atoms with Crippen LogP contribution < -0.4 is 5.73 Å². The van der Waals surface area contributed by atoms with Crippen LogP contribution >= 0.6 is 0 Å². The van der Waals surface area contributed by atoms with Crippen molar-refractivity contribution in [2.45, 2.75) is 18.4 Å². The SMILES string of the molecule is CN1CC23CS(=O)(=O)CCC24Cc2ccc(-c5cccc(C#N)c5)cc2C43N=C1N. The van der Waals surface area contributed by atoms with Gasteiger partial charge in [0.25, 0.3) is 0 Å². The van der Waals surface area contributed by atoms with Gasteiger partial charge in [0.05, 0.1) is 23.1 Å². The molecule has 2 aliphatic heterocycles. The molecule has 1 saturated heterocycles. The molecule has 0 amide bonds. The average molecular weight is 419 g/mol. The van der Waals surface area contributed by atoms with Crippen LogP contribution in [0.15, 0.2) is 47.5 Å². The van der Waals surface area contributed by atoms with Crippen LogP contribution in [0.5, 0.6) is 0 Å². The molecule has 3 unspecified atom stereocenters. The molecule has 0 bridgehead atoms. The highest BCUT2D eigenvalue weighted by Gasteiger charge is 2.92. The molecule has 0 radical (unpaired) electrons. The molecule has 1 saturated carbocycles. The minimum Gasteiger partial charge on any atom is -0.370 e. The number of rotatable bonds is 1. The third kappa shape index (κ3) is 1.85. The number of hydrogen-bond acceptors (Lipinski definition) is 6. The maximum atomic E-state index is 12.7. The second kappa shape index (κ2) is 5.25. The van der Waals surface area contributed by atoms with Crippen molar-refractivity contribution < 1.29 is 8.42 Å². The maximum absolute atomic E-state index is 12.7. The molecule has 2 N–H and O–H groups in total. The van der Waals surface area contributed by atoms with Crippen LogP contribution in [0, 0.1) is 22.2 Å². The van der Waals surface area contributed by atoms with E-state index in [2.05, 4.69) is 24.3 Å². The number of aliphatic imine (C=N–C) groups is 1. The highest BCUT2D eigenvalue weighted by molar-refractivity contribution is 7.91. The van der Waals surface area contributed by atoms with Gasteiger partial charge in [-0.15, -0.1) is 0 Å². The van der Waals surface area contributed by atoms with Crippen LogP contribution in [0.3, 0.4) is 0 Å². The molecule has 7 heteroatoms. The summed E-state index contributed by atoms with van der Waals surface area (Å²) in [4.78, 5) is 6.95. The van der Waals surface area contributed by atoms with Crippen LogP contribution in [0.4, 0.5) is 0 Å². The zero-order valence-electron chi connectivity index (χ0n) is 16.7. The van der Waals surface area contributed by atoms with Crippen LogP contribution in [-0.2, 0) is 21.8 Å². The largest absolute Gasteiger partial charge is 0.370 e. The van der Waals surface area contributed by atoms with Crippen molar-refractivity contribution in [3.05, 3.63) is 59.2 Å². The molecule has 4 aliphatic rings. The first kappa shape index (κ1) is 18.0. The van der Waals surface area contributed by atoms with Gasteiger partial charge in [0.15, 0.2) is 15.8 Å². The lowest BCUT2D eigenvalue weighted by molar-refractivity contribution is 0.267. The Morgan fingerprint density at radius 2 is 1.97 bits per heavy atom. The summed E-state index contributed by atoms with van der Waals surface area (Å²) in [5.41, 5.74) is 10.1. The second-order valence-electron chi connectivity index (χ2n) is 9.28. The minimum absolute atomic E-state index is 0.170. The summed E-state index contributed by atoms with van der Waals surface area (Å²) in [5.74, 6) is 0.881. The molecule has 3 atom stereocenters. The van der Waals surface area contributed by atoms with E-state index in [1.54, 1.807) is 6.07 Å². The fourth-order valence-electron chi connectivity index (χ4n) is 6.83. The van der Waals surface area contributed by atoms with Gasteiger partial charge in [-0.2, -0.15) is 5.26 Å². The molecule has 2 fully saturated rings. The molecular formula is C23H22N4O2S. The van der Waals surface area contributed by atoms with Gasteiger partial charge in [-0.05, 0) is 53.3 Å². The van der Waals surface area contributed by atoms with E-state index in [1.165, 1.54) is 5.56 Å². The molecule has 2 aromatic carbocycles. The summed E-state index contributed by atoms with van der Waals surface area (Å²) < 4.78 is 25.4. The third-order valence-corrected chi connectivity index (χ3v) is 9.80. The van der Waals surface area contributed by atoms with E-state index < -0.39 is 20.8 Å². The zero-order chi connectivity index (χ0) is 20.9. The number of guanidine groups is 1. The topological polar surface area (TPSA) is 99.5 Å². The normalized spacial score (nSPS) is 34.7. The Morgan fingerprint density at radius 1 is 1.17 bits per heavy atom. The molecule has 152 valence electrons. The first-order valence-corrected chi connectivity index (χ1v) is 12.0. The summed E-state index contributed by atoms with van der Waals surface area (Å²) in [6, 6.07) is 16.2. The summed E-state index contributed by atoms with van der Waals surface area (Å²) >= 11 is 0. The Kier molecular flexibility index (Phi) is 3.14. The van der Waals surface area contributed by atoms with E-state index >= 15 is 0 Å². The smallest absolute Gasteiger partial charge is 0.191 e. The lowest BCUT2D eigenvalue weighted by atomic mass is 9.83. The van der Waals surface area contributed by atoms with Gasteiger partial charge in [0, 0.05) is 24.4 Å². The number of hydrogen-bond donors (Lipinski definition) is 1. The van der Waals surface area contributed by atoms with Crippen LogP contribution in [0.2, 0.25) is 0 Å². The highest BCUT2D eigenvalue weighted by Crippen LogP contribution is 2.87. The van der Waals surface area contributed by atoms with E-state index in [-0.39, 0.29) is 16.9 Å². The van der Waals surface area contributed by atoms with Gasteiger partial charge in [-0.25, -0.2) is 13.4 Å². The molecule has 0 aromatic heterocycles. The van der Waals surface area contributed by atoms with Crippen molar-refractivity contribution in [3.8, 4) is 17.2 Å². The van der Waals surface area contributed by atoms with Crippen LogP contribution in [-0.4, -0.2) is 44.4 Å². The average Bonchev–Trinajstić information content (AvgIpc) is 3.06. The number of benzene rings is 2. The van der Waals surface area contributed by atoms with Crippen molar-refractivity contribution in [3.63, 3.8) is 0 Å². The molecule has 6 rings (SSSR count). The first-order valence-electron chi connectivity index (χ1n) is 10.2. The molecule has 2 heterocycles. The van der Waals surface area contributed by atoms with Crippen molar-refractivity contribution in [1.29, 1.82) is 5.26 Å². The number of nitrogens with two attached hydrogens (primary N) is 1. The second-order valence-corrected chi connectivity index (χ2v) is 11.5. The number of nitrogens with zero attached hydrogens (tertiary/aromatic N) is 3. The molecule has 2 aromatic rings. The summed E-state index contributed by atoms with van der Waals surface area (Å²) in [5, 5.41) is 9.26. The molecule has 6 nitrogen and oxygen atoms in total. The Hall–Kier alpha value is -2.85. The predicted molar refractivity (Wildman–Crippen MR) is 114 cm³/mol. The Balaban J connectivity index is 1.57. The maximum Gasteiger partial charge on any atom is 0.191 e.